The third kappa shape index (κ3) is 2.07. The Hall–Kier alpha value is -2.30. The smallest absolute Gasteiger partial charge is 0.198 e. The van der Waals surface area contributed by atoms with Crippen molar-refractivity contribution in [1.29, 1.82) is 0 Å². The first kappa shape index (κ1) is 12.2. The second kappa shape index (κ2) is 4.52. The Labute approximate surface area is 101 Å². The second-order valence-electron chi connectivity index (χ2n) is 3.65. The Balaban J connectivity index is 2.55. The van der Waals surface area contributed by atoms with E-state index < -0.39 is 28.8 Å². The standard InChI is InChI=1S/C13H8F3NO/c14-7-4-5-10(15)9(6-7)13(18)8-2-1-3-11(16)12(8)17/h1-6H,17H2. The molecule has 2 rings (SSSR count). The van der Waals surface area contributed by atoms with E-state index in [1.807, 2.05) is 0 Å². The molecule has 0 aromatic heterocycles. The average molecular weight is 251 g/mol. The highest BCUT2D eigenvalue weighted by molar-refractivity contribution is 6.12. The summed E-state index contributed by atoms with van der Waals surface area (Å²) in [5.74, 6) is -3.28. The van der Waals surface area contributed by atoms with E-state index in [4.69, 9.17) is 5.73 Å². The molecule has 0 bridgehead atoms. The molecule has 2 N–H and O–H groups in total. The van der Waals surface area contributed by atoms with Crippen molar-refractivity contribution in [3.63, 3.8) is 0 Å². The normalized spacial score (nSPS) is 10.4. The summed E-state index contributed by atoms with van der Waals surface area (Å²) in [6.45, 7) is 0. The maximum atomic E-state index is 13.4. The molecule has 0 aliphatic heterocycles. The van der Waals surface area contributed by atoms with Gasteiger partial charge in [-0.15, -0.1) is 0 Å². The van der Waals surface area contributed by atoms with Crippen molar-refractivity contribution >= 4 is 11.5 Å². The zero-order chi connectivity index (χ0) is 13.3. The van der Waals surface area contributed by atoms with Crippen LogP contribution in [0.15, 0.2) is 36.4 Å². The predicted octanol–water partition coefficient (Wildman–Crippen LogP) is 2.92. The van der Waals surface area contributed by atoms with Crippen LogP contribution in [-0.2, 0) is 0 Å². The molecule has 0 aliphatic carbocycles. The lowest BCUT2D eigenvalue weighted by Gasteiger charge is -2.06. The van der Waals surface area contributed by atoms with Gasteiger partial charge in [0.1, 0.15) is 17.5 Å². The summed E-state index contributed by atoms with van der Waals surface area (Å²) < 4.78 is 39.6. The SMILES string of the molecule is Nc1c(F)cccc1C(=O)c1cc(F)ccc1F. The van der Waals surface area contributed by atoms with Crippen LogP contribution in [0.2, 0.25) is 0 Å². The van der Waals surface area contributed by atoms with Gasteiger partial charge in [-0.2, -0.15) is 0 Å². The van der Waals surface area contributed by atoms with Gasteiger partial charge in [-0.3, -0.25) is 4.79 Å². The van der Waals surface area contributed by atoms with Crippen molar-refractivity contribution in [2.45, 2.75) is 0 Å². The molecule has 5 heteroatoms. The molecule has 0 fully saturated rings. The average Bonchev–Trinajstić information content (AvgIpc) is 2.35. The van der Waals surface area contributed by atoms with Crippen LogP contribution >= 0.6 is 0 Å². The zero-order valence-electron chi connectivity index (χ0n) is 9.08. The fraction of sp³-hybridized carbons (Fsp3) is 0. The van der Waals surface area contributed by atoms with Gasteiger partial charge in [0.25, 0.3) is 0 Å². The van der Waals surface area contributed by atoms with Crippen LogP contribution in [0.3, 0.4) is 0 Å². The lowest BCUT2D eigenvalue weighted by atomic mass is 10.0. The summed E-state index contributed by atoms with van der Waals surface area (Å²) in [4.78, 5) is 11.9. The van der Waals surface area contributed by atoms with E-state index in [-0.39, 0.29) is 11.3 Å². The number of benzene rings is 2. The summed E-state index contributed by atoms with van der Waals surface area (Å²) >= 11 is 0. The molecule has 2 aromatic carbocycles. The molecular weight excluding hydrogens is 243 g/mol. The van der Waals surface area contributed by atoms with E-state index in [0.29, 0.717) is 0 Å². The number of halogens is 3. The van der Waals surface area contributed by atoms with Gasteiger partial charge in [-0.1, -0.05) is 6.07 Å². The molecule has 2 nitrogen and oxygen atoms in total. The number of anilines is 1. The molecule has 18 heavy (non-hydrogen) atoms. The monoisotopic (exact) mass is 251 g/mol. The molecule has 2 aromatic rings. The molecule has 0 unspecified atom stereocenters. The minimum absolute atomic E-state index is 0.195. The third-order valence-corrected chi connectivity index (χ3v) is 2.47. The van der Waals surface area contributed by atoms with Gasteiger partial charge in [0.15, 0.2) is 5.78 Å². The van der Waals surface area contributed by atoms with Crippen LogP contribution in [0, 0.1) is 17.5 Å². The van der Waals surface area contributed by atoms with Crippen LogP contribution < -0.4 is 5.73 Å². The molecule has 0 saturated carbocycles. The summed E-state index contributed by atoms with van der Waals surface area (Å²) in [6, 6.07) is 6.08. The summed E-state index contributed by atoms with van der Waals surface area (Å²) in [5.41, 5.74) is 4.34. The van der Waals surface area contributed by atoms with Crippen LogP contribution in [0.1, 0.15) is 15.9 Å². The van der Waals surface area contributed by atoms with Gasteiger partial charge in [-0.25, -0.2) is 13.2 Å². The lowest BCUT2D eigenvalue weighted by Crippen LogP contribution is -2.09. The number of nitrogen functional groups attached to an aromatic ring is 1. The van der Waals surface area contributed by atoms with E-state index in [1.165, 1.54) is 12.1 Å². The highest BCUT2D eigenvalue weighted by Crippen LogP contribution is 2.21. The molecule has 0 saturated heterocycles. The van der Waals surface area contributed by atoms with Gasteiger partial charge in [-0.05, 0) is 30.3 Å². The number of carbonyl (C=O) groups excluding carboxylic acids is 1. The topological polar surface area (TPSA) is 43.1 Å². The highest BCUT2D eigenvalue weighted by Gasteiger charge is 2.18. The second-order valence-corrected chi connectivity index (χ2v) is 3.65. The minimum Gasteiger partial charge on any atom is -0.396 e. The Morgan fingerprint density at radius 3 is 2.39 bits per heavy atom. The molecular formula is C13H8F3NO. The first-order chi connectivity index (χ1) is 8.50. The summed E-state index contributed by atoms with van der Waals surface area (Å²) in [6.07, 6.45) is 0. The summed E-state index contributed by atoms with van der Waals surface area (Å²) in [7, 11) is 0. The minimum atomic E-state index is -0.884. The molecule has 0 atom stereocenters. The zero-order valence-corrected chi connectivity index (χ0v) is 9.08. The van der Waals surface area contributed by atoms with Gasteiger partial charge in [0.05, 0.1) is 11.3 Å². The molecule has 0 heterocycles. The fourth-order valence-electron chi connectivity index (χ4n) is 1.55. The Morgan fingerprint density at radius 2 is 1.67 bits per heavy atom. The Kier molecular flexibility index (Phi) is 3.06. The van der Waals surface area contributed by atoms with Gasteiger partial charge < -0.3 is 5.73 Å². The van der Waals surface area contributed by atoms with E-state index in [0.717, 1.165) is 24.3 Å². The van der Waals surface area contributed by atoms with Crippen molar-refractivity contribution in [2.24, 2.45) is 0 Å². The first-order valence-electron chi connectivity index (χ1n) is 5.04. The van der Waals surface area contributed by atoms with E-state index in [2.05, 4.69) is 0 Å². The van der Waals surface area contributed by atoms with Gasteiger partial charge in [0, 0.05) is 5.56 Å². The van der Waals surface area contributed by atoms with Crippen molar-refractivity contribution < 1.29 is 18.0 Å². The molecule has 0 spiro atoms. The number of hydrogen-bond acceptors (Lipinski definition) is 2. The number of rotatable bonds is 2. The van der Waals surface area contributed by atoms with Crippen molar-refractivity contribution in [2.75, 3.05) is 5.73 Å². The van der Waals surface area contributed by atoms with Crippen LogP contribution in [-0.4, -0.2) is 5.78 Å². The van der Waals surface area contributed by atoms with Crippen molar-refractivity contribution in [3.05, 3.63) is 65.0 Å². The maximum Gasteiger partial charge on any atom is 0.198 e. The quantitative estimate of drug-likeness (QED) is 0.658. The number of nitrogens with two attached hydrogens (primary N) is 1. The number of ketones is 1. The summed E-state index contributed by atoms with van der Waals surface area (Å²) in [5, 5.41) is 0. The molecule has 0 aliphatic rings. The van der Waals surface area contributed by atoms with Crippen molar-refractivity contribution in [3.8, 4) is 0 Å². The predicted molar refractivity (Wildman–Crippen MR) is 60.6 cm³/mol. The molecule has 0 amide bonds. The largest absolute Gasteiger partial charge is 0.396 e. The molecule has 0 radical (unpaired) electrons. The van der Waals surface area contributed by atoms with Gasteiger partial charge >= 0.3 is 0 Å². The van der Waals surface area contributed by atoms with E-state index in [9.17, 15) is 18.0 Å². The highest BCUT2D eigenvalue weighted by atomic mass is 19.1. The Bertz CT molecular complexity index is 622. The third-order valence-electron chi connectivity index (χ3n) is 2.47. The van der Waals surface area contributed by atoms with Crippen LogP contribution in [0.25, 0.3) is 0 Å². The van der Waals surface area contributed by atoms with Crippen molar-refractivity contribution in [1.82, 2.24) is 0 Å². The first-order valence-corrected chi connectivity index (χ1v) is 5.04. The van der Waals surface area contributed by atoms with Crippen LogP contribution in [0.4, 0.5) is 18.9 Å². The lowest BCUT2D eigenvalue weighted by molar-refractivity contribution is 0.103. The van der Waals surface area contributed by atoms with E-state index in [1.54, 1.807) is 0 Å². The number of hydrogen-bond donors (Lipinski definition) is 1. The van der Waals surface area contributed by atoms with Crippen LogP contribution in [0.5, 0.6) is 0 Å². The molecule has 92 valence electrons. The number of carbonyl (C=O) groups is 1. The fourth-order valence-corrected chi connectivity index (χ4v) is 1.55. The Morgan fingerprint density at radius 1 is 0.944 bits per heavy atom. The number of para-hydroxylation sites is 1. The maximum absolute atomic E-state index is 13.4. The van der Waals surface area contributed by atoms with Gasteiger partial charge in [0.2, 0.25) is 0 Å². The van der Waals surface area contributed by atoms with E-state index >= 15 is 0 Å².